The number of esters is 2. The van der Waals surface area contributed by atoms with Crippen molar-refractivity contribution in [3.05, 3.63) is 70.9 Å². The number of rotatable bonds is 6. The van der Waals surface area contributed by atoms with Gasteiger partial charge in [-0.3, -0.25) is 4.79 Å². The van der Waals surface area contributed by atoms with Crippen LogP contribution in [0.3, 0.4) is 0 Å². The second-order valence-corrected chi connectivity index (χ2v) is 7.41. The molecule has 1 fully saturated rings. The van der Waals surface area contributed by atoms with E-state index < -0.39 is 30.0 Å². The van der Waals surface area contributed by atoms with E-state index in [1.807, 2.05) is 24.3 Å². The molecule has 1 aliphatic heterocycles. The topological polar surface area (TPSA) is 97.5 Å². The molecule has 0 radical (unpaired) electrons. The Hall–Kier alpha value is -3.32. The zero-order valence-corrected chi connectivity index (χ0v) is 16.6. The Kier molecular flexibility index (Phi) is 5.72. The summed E-state index contributed by atoms with van der Waals surface area (Å²) < 4.78 is 10.2. The Morgan fingerprint density at radius 1 is 1.20 bits per heavy atom. The van der Waals surface area contributed by atoms with E-state index in [1.54, 1.807) is 30.5 Å². The molecular weight excluding hydrogens is 408 g/mol. The molecule has 8 heteroatoms. The summed E-state index contributed by atoms with van der Waals surface area (Å²) in [5.41, 5.74) is 2.12. The molecule has 2 atom stereocenters. The zero-order chi connectivity index (χ0) is 21.1. The van der Waals surface area contributed by atoms with Gasteiger partial charge in [0, 0.05) is 40.5 Å². The summed E-state index contributed by atoms with van der Waals surface area (Å²) in [7, 11) is 0. The van der Waals surface area contributed by atoms with Crippen LogP contribution in [-0.2, 0) is 25.5 Å². The zero-order valence-electron chi connectivity index (χ0n) is 15.9. The standard InChI is InChI=1S/C22H19ClN2O5/c23-15-7-5-13(6-8-15)20(26)25-18(21(27)30-19-9-10-29-22(19)28)11-14-12-24-17-4-2-1-3-16(14)17/h1-8,12,18-19,24H,9-11H2,(H,25,26)/t18-,19?/m0/s1. The summed E-state index contributed by atoms with van der Waals surface area (Å²) in [6.45, 7) is 0.209. The maximum Gasteiger partial charge on any atom is 0.347 e. The predicted octanol–water partition coefficient (Wildman–Crippen LogP) is 3.02. The van der Waals surface area contributed by atoms with Crippen LogP contribution in [0.15, 0.2) is 54.7 Å². The first-order valence-corrected chi connectivity index (χ1v) is 9.87. The minimum absolute atomic E-state index is 0.198. The maximum atomic E-state index is 12.9. The van der Waals surface area contributed by atoms with Gasteiger partial charge < -0.3 is 19.8 Å². The van der Waals surface area contributed by atoms with E-state index in [4.69, 9.17) is 21.1 Å². The van der Waals surface area contributed by atoms with E-state index in [-0.39, 0.29) is 13.0 Å². The van der Waals surface area contributed by atoms with Crippen LogP contribution in [0, 0.1) is 0 Å². The number of para-hydroxylation sites is 1. The van der Waals surface area contributed by atoms with E-state index in [0.717, 1.165) is 16.5 Å². The molecule has 2 heterocycles. The van der Waals surface area contributed by atoms with Gasteiger partial charge in [0.05, 0.1) is 6.61 Å². The SMILES string of the molecule is O=C(N[C@@H](Cc1c[nH]c2ccccc12)C(=O)OC1CCOC1=O)c1ccc(Cl)cc1. The number of carbonyl (C=O) groups is 3. The Morgan fingerprint density at radius 3 is 2.70 bits per heavy atom. The van der Waals surface area contributed by atoms with E-state index in [2.05, 4.69) is 10.3 Å². The normalized spacial score (nSPS) is 16.8. The second-order valence-electron chi connectivity index (χ2n) is 6.98. The van der Waals surface area contributed by atoms with Crippen LogP contribution in [0.4, 0.5) is 0 Å². The molecule has 0 saturated carbocycles. The van der Waals surface area contributed by atoms with E-state index in [0.29, 0.717) is 17.0 Å². The van der Waals surface area contributed by atoms with Gasteiger partial charge in [-0.25, -0.2) is 9.59 Å². The first-order chi connectivity index (χ1) is 14.5. The number of aromatic nitrogens is 1. The van der Waals surface area contributed by atoms with Gasteiger partial charge in [0.2, 0.25) is 6.10 Å². The van der Waals surface area contributed by atoms with Crippen molar-refractivity contribution in [1.29, 1.82) is 0 Å². The van der Waals surface area contributed by atoms with Gasteiger partial charge in [-0.2, -0.15) is 0 Å². The molecule has 30 heavy (non-hydrogen) atoms. The highest BCUT2D eigenvalue weighted by atomic mass is 35.5. The summed E-state index contributed by atoms with van der Waals surface area (Å²) in [6, 6.07) is 13.0. The smallest absolute Gasteiger partial charge is 0.347 e. The summed E-state index contributed by atoms with van der Waals surface area (Å²) in [6.07, 6.45) is 1.35. The predicted molar refractivity (Wildman–Crippen MR) is 110 cm³/mol. The molecule has 2 N–H and O–H groups in total. The molecule has 0 spiro atoms. The highest BCUT2D eigenvalue weighted by Gasteiger charge is 2.33. The molecule has 0 bridgehead atoms. The maximum absolute atomic E-state index is 12.9. The van der Waals surface area contributed by atoms with Crippen LogP contribution in [-0.4, -0.2) is 41.6 Å². The Morgan fingerprint density at radius 2 is 1.97 bits per heavy atom. The van der Waals surface area contributed by atoms with E-state index in [9.17, 15) is 14.4 Å². The lowest BCUT2D eigenvalue weighted by atomic mass is 10.0. The third-order valence-electron chi connectivity index (χ3n) is 4.94. The summed E-state index contributed by atoms with van der Waals surface area (Å²) in [5, 5.41) is 4.16. The molecule has 1 aromatic heterocycles. The average Bonchev–Trinajstić information content (AvgIpc) is 3.34. The van der Waals surface area contributed by atoms with Gasteiger partial charge in [0.15, 0.2) is 0 Å². The largest absolute Gasteiger partial charge is 0.463 e. The van der Waals surface area contributed by atoms with Gasteiger partial charge in [-0.05, 0) is 35.9 Å². The van der Waals surface area contributed by atoms with Crippen molar-refractivity contribution >= 4 is 40.3 Å². The van der Waals surface area contributed by atoms with Crippen molar-refractivity contribution in [2.75, 3.05) is 6.61 Å². The molecule has 1 unspecified atom stereocenters. The lowest BCUT2D eigenvalue weighted by Crippen LogP contribution is -2.45. The van der Waals surface area contributed by atoms with Crippen molar-refractivity contribution in [2.24, 2.45) is 0 Å². The van der Waals surface area contributed by atoms with Crippen LogP contribution >= 0.6 is 11.6 Å². The van der Waals surface area contributed by atoms with Crippen molar-refractivity contribution in [1.82, 2.24) is 10.3 Å². The van der Waals surface area contributed by atoms with Crippen molar-refractivity contribution in [2.45, 2.75) is 25.0 Å². The highest BCUT2D eigenvalue weighted by molar-refractivity contribution is 6.30. The number of nitrogens with one attached hydrogen (secondary N) is 2. The Balaban J connectivity index is 1.56. The number of ether oxygens (including phenoxy) is 2. The first kappa shape index (κ1) is 20.0. The Labute approximate surface area is 177 Å². The monoisotopic (exact) mass is 426 g/mol. The number of hydrogen-bond donors (Lipinski definition) is 2. The van der Waals surface area contributed by atoms with Gasteiger partial charge >= 0.3 is 11.9 Å². The molecule has 4 rings (SSSR count). The Bertz CT molecular complexity index is 1090. The summed E-state index contributed by atoms with van der Waals surface area (Å²) in [5.74, 6) is -1.70. The molecule has 3 aromatic rings. The van der Waals surface area contributed by atoms with Crippen LogP contribution in [0.1, 0.15) is 22.3 Å². The number of H-pyrrole nitrogens is 1. The third kappa shape index (κ3) is 4.31. The molecule has 2 aromatic carbocycles. The number of cyclic esters (lactones) is 1. The van der Waals surface area contributed by atoms with Crippen molar-refractivity contribution in [3.8, 4) is 0 Å². The number of benzene rings is 2. The van der Waals surface area contributed by atoms with Gasteiger partial charge in [-0.1, -0.05) is 29.8 Å². The number of halogens is 1. The molecule has 1 amide bonds. The van der Waals surface area contributed by atoms with Crippen LogP contribution in [0.5, 0.6) is 0 Å². The highest BCUT2D eigenvalue weighted by Crippen LogP contribution is 2.20. The first-order valence-electron chi connectivity index (χ1n) is 9.50. The minimum Gasteiger partial charge on any atom is -0.463 e. The number of carbonyl (C=O) groups excluding carboxylic acids is 3. The lowest BCUT2D eigenvalue weighted by molar-refractivity contribution is -0.161. The number of amides is 1. The van der Waals surface area contributed by atoms with Crippen molar-refractivity contribution < 1.29 is 23.9 Å². The van der Waals surface area contributed by atoms with E-state index >= 15 is 0 Å². The summed E-state index contributed by atoms with van der Waals surface area (Å²) in [4.78, 5) is 40.4. The molecule has 1 aliphatic rings. The molecule has 0 aliphatic carbocycles. The van der Waals surface area contributed by atoms with Crippen LogP contribution < -0.4 is 5.32 Å². The van der Waals surface area contributed by atoms with Gasteiger partial charge in [0.25, 0.3) is 5.91 Å². The van der Waals surface area contributed by atoms with Crippen molar-refractivity contribution in [3.63, 3.8) is 0 Å². The molecule has 1 saturated heterocycles. The summed E-state index contributed by atoms with van der Waals surface area (Å²) >= 11 is 5.88. The molecular formula is C22H19ClN2O5. The van der Waals surface area contributed by atoms with E-state index in [1.165, 1.54) is 0 Å². The minimum atomic E-state index is -0.985. The fraction of sp³-hybridized carbons (Fsp3) is 0.227. The lowest BCUT2D eigenvalue weighted by Gasteiger charge is -2.19. The number of aromatic amines is 1. The van der Waals surface area contributed by atoms with Crippen LogP contribution in [0.2, 0.25) is 5.02 Å². The third-order valence-corrected chi connectivity index (χ3v) is 5.19. The van der Waals surface area contributed by atoms with Gasteiger partial charge in [-0.15, -0.1) is 0 Å². The van der Waals surface area contributed by atoms with Crippen LogP contribution in [0.25, 0.3) is 10.9 Å². The fourth-order valence-electron chi connectivity index (χ4n) is 3.36. The molecule has 7 nitrogen and oxygen atoms in total. The second kappa shape index (κ2) is 8.59. The fourth-order valence-corrected chi connectivity index (χ4v) is 3.49. The number of hydrogen-bond acceptors (Lipinski definition) is 5. The molecule has 154 valence electrons. The quantitative estimate of drug-likeness (QED) is 0.590. The average molecular weight is 427 g/mol. The van der Waals surface area contributed by atoms with Gasteiger partial charge in [0.1, 0.15) is 6.04 Å². The number of fused-ring (bicyclic) bond motifs is 1.